The Morgan fingerprint density at radius 2 is 1.20 bits per heavy atom. The minimum atomic E-state index is 0.750. The van der Waals surface area contributed by atoms with Gasteiger partial charge < -0.3 is 0 Å². The highest BCUT2D eigenvalue weighted by Crippen LogP contribution is 2.10. The Morgan fingerprint density at radius 1 is 0.800 bits per heavy atom. The highest BCUT2D eigenvalue weighted by molar-refractivity contribution is 4.76. The Bertz CT molecular complexity index is 131. The van der Waals surface area contributed by atoms with E-state index in [1.807, 2.05) is 6.08 Å². The van der Waals surface area contributed by atoms with E-state index in [9.17, 15) is 0 Å². The summed E-state index contributed by atoms with van der Waals surface area (Å²) in [5, 5.41) is 0. The van der Waals surface area contributed by atoms with Gasteiger partial charge in [-0.25, -0.2) is 0 Å². The molecular weight excluding hydrogens is 180 g/mol. The zero-order valence-electron chi connectivity index (χ0n) is 11.3. The molecule has 0 saturated carbocycles. The molecule has 0 aliphatic heterocycles. The molecule has 0 saturated heterocycles. The average Bonchev–Trinajstić information content (AvgIpc) is 2.29. The van der Waals surface area contributed by atoms with Gasteiger partial charge >= 0.3 is 0 Å². The lowest BCUT2D eigenvalue weighted by Gasteiger charge is -2.04. The zero-order valence-corrected chi connectivity index (χ0v) is 11.3. The first-order valence-corrected chi connectivity index (χ1v) is 6.44. The molecule has 0 amide bonds. The summed E-state index contributed by atoms with van der Waals surface area (Å²) in [6.07, 6.45) is 10.4. The topological polar surface area (TPSA) is 0 Å². The van der Waals surface area contributed by atoms with Crippen LogP contribution in [0.3, 0.4) is 0 Å². The lowest BCUT2D eigenvalue weighted by atomic mass is 10.0. The molecule has 0 heteroatoms. The number of allylic oxidation sites excluding steroid dienone is 2. The number of hydrogen-bond acceptors (Lipinski definition) is 0. The van der Waals surface area contributed by atoms with Crippen molar-refractivity contribution >= 4 is 0 Å². The van der Waals surface area contributed by atoms with E-state index in [0.717, 1.165) is 11.8 Å². The Morgan fingerprint density at radius 3 is 1.27 bits per heavy atom. The molecule has 0 aliphatic rings. The van der Waals surface area contributed by atoms with Crippen molar-refractivity contribution in [2.24, 2.45) is 11.8 Å². The summed E-state index contributed by atoms with van der Waals surface area (Å²) in [5.74, 6) is 1.51. The normalized spacial score (nSPS) is 11.5. The maximum Gasteiger partial charge on any atom is -0.0239 e. The minimum Gasteiger partial charge on any atom is -0.103 e. The van der Waals surface area contributed by atoms with Crippen LogP contribution in [-0.2, 0) is 0 Å². The summed E-state index contributed by atoms with van der Waals surface area (Å²) >= 11 is 0. The van der Waals surface area contributed by atoms with E-state index >= 15 is 0 Å². The smallest absolute Gasteiger partial charge is 0.0239 e. The van der Waals surface area contributed by atoms with Crippen molar-refractivity contribution in [1.29, 1.82) is 0 Å². The third-order valence-corrected chi connectivity index (χ3v) is 2.90. The Labute approximate surface area is 97.5 Å². The maximum absolute atomic E-state index is 3.75. The SMILES string of the molecule is C=CC(CC)CC.C=CC(CC)CCC. The molecule has 1 atom stereocenters. The van der Waals surface area contributed by atoms with E-state index in [0.29, 0.717) is 0 Å². The molecule has 0 radical (unpaired) electrons. The van der Waals surface area contributed by atoms with Gasteiger partial charge in [-0.1, -0.05) is 46.3 Å². The molecule has 0 aromatic heterocycles. The molecule has 0 spiro atoms. The van der Waals surface area contributed by atoms with Gasteiger partial charge in [-0.05, 0) is 37.5 Å². The van der Waals surface area contributed by atoms with Gasteiger partial charge in [0.15, 0.2) is 0 Å². The first-order chi connectivity index (χ1) is 7.19. The Balaban J connectivity index is 0. The second kappa shape index (κ2) is 13.5. The summed E-state index contributed by atoms with van der Waals surface area (Å²) in [6, 6.07) is 0. The highest BCUT2D eigenvalue weighted by Gasteiger charge is 1.95. The van der Waals surface area contributed by atoms with Gasteiger partial charge in [0.1, 0.15) is 0 Å². The predicted molar refractivity (Wildman–Crippen MR) is 73.2 cm³/mol. The first-order valence-electron chi connectivity index (χ1n) is 6.44. The molecule has 0 fully saturated rings. The van der Waals surface area contributed by atoms with Gasteiger partial charge in [0.2, 0.25) is 0 Å². The third kappa shape index (κ3) is 11.4. The van der Waals surface area contributed by atoms with Crippen molar-refractivity contribution in [3.63, 3.8) is 0 Å². The lowest BCUT2D eigenvalue weighted by molar-refractivity contribution is 0.564. The van der Waals surface area contributed by atoms with Crippen molar-refractivity contribution in [2.75, 3.05) is 0 Å². The molecular formula is C15H30. The van der Waals surface area contributed by atoms with Gasteiger partial charge in [0.05, 0.1) is 0 Å². The summed E-state index contributed by atoms with van der Waals surface area (Å²) in [6.45, 7) is 16.3. The molecule has 0 nitrogen and oxygen atoms in total. The molecule has 15 heavy (non-hydrogen) atoms. The second-order valence-electron chi connectivity index (χ2n) is 4.00. The second-order valence-corrected chi connectivity index (χ2v) is 4.00. The summed E-state index contributed by atoms with van der Waals surface area (Å²) in [4.78, 5) is 0. The van der Waals surface area contributed by atoms with Crippen molar-refractivity contribution in [3.8, 4) is 0 Å². The molecule has 0 aliphatic carbocycles. The number of rotatable bonds is 7. The van der Waals surface area contributed by atoms with Crippen molar-refractivity contribution in [1.82, 2.24) is 0 Å². The van der Waals surface area contributed by atoms with E-state index in [-0.39, 0.29) is 0 Å². The van der Waals surface area contributed by atoms with E-state index in [1.54, 1.807) is 0 Å². The van der Waals surface area contributed by atoms with Crippen LogP contribution in [0.2, 0.25) is 0 Å². The van der Waals surface area contributed by atoms with Gasteiger partial charge in [0.25, 0.3) is 0 Å². The Kier molecular flexibility index (Phi) is 15.2. The van der Waals surface area contributed by atoms with Crippen LogP contribution < -0.4 is 0 Å². The fourth-order valence-corrected chi connectivity index (χ4v) is 1.48. The van der Waals surface area contributed by atoms with E-state index in [2.05, 4.69) is 46.9 Å². The first kappa shape index (κ1) is 16.9. The number of hydrogen-bond donors (Lipinski definition) is 0. The molecule has 1 unspecified atom stereocenters. The van der Waals surface area contributed by atoms with Crippen molar-refractivity contribution in [2.45, 2.75) is 59.8 Å². The van der Waals surface area contributed by atoms with Gasteiger partial charge in [-0.3, -0.25) is 0 Å². The van der Waals surface area contributed by atoms with Crippen LogP contribution in [-0.4, -0.2) is 0 Å². The van der Waals surface area contributed by atoms with Crippen LogP contribution in [0.1, 0.15) is 59.8 Å². The molecule has 0 aromatic rings. The van der Waals surface area contributed by atoms with Crippen LogP contribution in [0.4, 0.5) is 0 Å². The lowest BCUT2D eigenvalue weighted by Crippen LogP contribution is -1.90. The summed E-state index contributed by atoms with van der Waals surface area (Å²) in [5.41, 5.74) is 0. The van der Waals surface area contributed by atoms with Crippen LogP contribution in [0.15, 0.2) is 25.3 Å². The maximum atomic E-state index is 3.75. The average molecular weight is 210 g/mol. The summed E-state index contributed by atoms with van der Waals surface area (Å²) < 4.78 is 0. The quantitative estimate of drug-likeness (QED) is 0.479. The van der Waals surface area contributed by atoms with Crippen LogP contribution >= 0.6 is 0 Å². The van der Waals surface area contributed by atoms with Gasteiger partial charge in [-0.2, -0.15) is 0 Å². The zero-order chi connectivity index (χ0) is 12.1. The molecule has 0 rings (SSSR count). The molecule has 0 bridgehead atoms. The van der Waals surface area contributed by atoms with Gasteiger partial charge in [-0.15, -0.1) is 13.2 Å². The highest BCUT2D eigenvalue weighted by atomic mass is 14.0. The van der Waals surface area contributed by atoms with Crippen LogP contribution in [0, 0.1) is 11.8 Å². The van der Waals surface area contributed by atoms with E-state index in [4.69, 9.17) is 0 Å². The van der Waals surface area contributed by atoms with Crippen LogP contribution in [0.25, 0.3) is 0 Å². The monoisotopic (exact) mass is 210 g/mol. The molecule has 0 aromatic carbocycles. The summed E-state index contributed by atoms with van der Waals surface area (Å²) in [7, 11) is 0. The van der Waals surface area contributed by atoms with Crippen molar-refractivity contribution < 1.29 is 0 Å². The fourth-order valence-electron chi connectivity index (χ4n) is 1.48. The largest absolute Gasteiger partial charge is 0.103 e. The van der Waals surface area contributed by atoms with Crippen molar-refractivity contribution in [3.05, 3.63) is 25.3 Å². The van der Waals surface area contributed by atoms with E-state index in [1.165, 1.54) is 32.1 Å². The predicted octanol–water partition coefficient (Wildman–Crippen LogP) is 5.61. The third-order valence-electron chi connectivity index (χ3n) is 2.90. The Hall–Kier alpha value is -0.520. The molecule has 0 N–H and O–H groups in total. The fraction of sp³-hybridized carbons (Fsp3) is 0.733. The standard InChI is InChI=1S/C8H16.C7H14/c1-4-7-8(5-2)6-3;1-4-7(5-2)6-3/h5,8H,2,4,6-7H2,1,3H3;4,7H,1,5-6H2,2-3H3. The minimum absolute atomic E-state index is 0.750. The van der Waals surface area contributed by atoms with Crippen LogP contribution in [0.5, 0.6) is 0 Å². The van der Waals surface area contributed by atoms with E-state index < -0.39 is 0 Å². The molecule has 90 valence electrons. The van der Waals surface area contributed by atoms with Gasteiger partial charge in [0, 0.05) is 0 Å². The molecule has 0 heterocycles.